The largest absolute Gasteiger partial charge is 0.254 e. The van der Waals surface area contributed by atoms with Crippen molar-refractivity contribution in [2.45, 2.75) is 0 Å². The van der Waals surface area contributed by atoms with Crippen molar-refractivity contribution in [3.63, 3.8) is 0 Å². The van der Waals surface area contributed by atoms with Crippen molar-refractivity contribution < 1.29 is 0 Å². The quantitative estimate of drug-likeness (QED) is 0.256. The van der Waals surface area contributed by atoms with E-state index in [-0.39, 0.29) is 0 Å². The SMILES string of the molecule is c1ccc2c(c1)c1cccnc1c1ncc(-c3cnc4c(c3)c3nccnc3c3cccnc34)cc21. The van der Waals surface area contributed by atoms with E-state index in [9.17, 15) is 0 Å². The number of pyridine rings is 4. The van der Waals surface area contributed by atoms with Gasteiger partial charge in [0.25, 0.3) is 0 Å². The maximum Gasteiger partial charge on any atom is 0.0988 e. The van der Waals surface area contributed by atoms with Crippen LogP contribution in [0.5, 0.6) is 0 Å². The van der Waals surface area contributed by atoms with Gasteiger partial charge >= 0.3 is 0 Å². The van der Waals surface area contributed by atoms with E-state index < -0.39 is 0 Å². The Morgan fingerprint density at radius 2 is 0.778 bits per heavy atom. The van der Waals surface area contributed by atoms with E-state index in [1.165, 1.54) is 5.39 Å². The normalized spacial score (nSPS) is 11.9. The molecule has 8 rings (SSSR count). The Morgan fingerprint density at radius 3 is 1.47 bits per heavy atom. The second kappa shape index (κ2) is 7.20. The van der Waals surface area contributed by atoms with Gasteiger partial charge in [-0.25, -0.2) is 0 Å². The fraction of sp³-hybridized carbons (Fsp3) is 0. The monoisotopic (exact) mass is 460 g/mol. The molecule has 6 nitrogen and oxygen atoms in total. The van der Waals surface area contributed by atoms with Gasteiger partial charge in [-0.1, -0.05) is 30.3 Å². The van der Waals surface area contributed by atoms with Gasteiger partial charge in [0, 0.05) is 69.9 Å². The second-order valence-corrected chi connectivity index (χ2v) is 8.84. The molecule has 0 N–H and O–H groups in total. The van der Waals surface area contributed by atoms with Gasteiger partial charge in [0.05, 0.1) is 33.1 Å². The summed E-state index contributed by atoms with van der Waals surface area (Å²) in [6, 6.07) is 20.8. The predicted molar refractivity (Wildman–Crippen MR) is 144 cm³/mol. The first-order chi connectivity index (χ1) is 17.9. The Balaban J connectivity index is 1.45. The van der Waals surface area contributed by atoms with Gasteiger partial charge in [-0.2, -0.15) is 0 Å². The van der Waals surface area contributed by atoms with E-state index in [0.29, 0.717) is 0 Å². The van der Waals surface area contributed by atoms with E-state index in [4.69, 9.17) is 9.97 Å². The third-order valence-electron chi connectivity index (χ3n) is 6.89. The number of hydrogen-bond acceptors (Lipinski definition) is 6. The first kappa shape index (κ1) is 19.2. The van der Waals surface area contributed by atoms with Crippen LogP contribution in [-0.2, 0) is 0 Å². The highest BCUT2D eigenvalue weighted by atomic mass is 14.8. The lowest BCUT2D eigenvalue weighted by Crippen LogP contribution is -1.93. The maximum atomic E-state index is 4.90. The van der Waals surface area contributed by atoms with E-state index in [1.54, 1.807) is 18.6 Å². The zero-order valence-electron chi connectivity index (χ0n) is 18.9. The van der Waals surface area contributed by atoms with Crippen LogP contribution in [-0.4, -0.2) is 29.9 Å². The molecule has 0 bridgehead atoms. The minimum Gasteiger partial charge on any atom is -0.254 e. The molecule has 0 aliphatic rings. The molecule has 0 fully saturated rings. The lowest BCUT2D eigenvalue weighted by Gasteiger charge is -2.11. The van der Waals surface area contributed by atoms with Crippen molar-refractivity contribution in [3.8, 4) is 11.1 Å². The molecule has 0 amide bonds. The third-order valence-corrected chi connectivity index (χ3v) is 6.89. The van der Waals surface area contributed by atoms with Crippen molar-refractivity contribution in [1.29, 1.82) is 0 Å². The summed E-state index contributed by atoms with van der Waals surface area (Å²) in [4.78, 5) is 28.3. The van der Waals surface area contributed by atoms with Gasteiger partial charge in [0.2, 0.25) is 0 Å². The summed E-state index contributed by atoms with van der Waals surface area (Å²) in [7, 11) is 0. The molecular weight excluding hydrogens is 444 g/mol. The Hall–Kier alpha value is -5.10. The smallest absolute Gasteiger partial charge is 0.0988 e. The molecule has 0 unspecified atom stereocenters. The number of hydrogen-bond donors (Lipinski definition) is 0. The molecule has 36 heavy (non-hydrogen) atoms. The molecule has 3 aromatic carbocycles. The highest BCUT2D eigenvalue weighted by molar-refractivity contribution is 6.24. The van der Waals surface area contributed by atoms with Crippen LogP contribution < -0.4 is 0 Å². The van der Waals surface area contributed by atoms with Gasteiger partial charge in [-0.3, -0.25) is 29.9 Å². The molecule has 0 atom stereocenters. The summed E-state index contributed by atoms with van der Waals surface area (Å²) in [5, 5.41) is 6.38. The molecule has 0 aliphatic heterocycles. The lowest BCUT2D eigenvalue weighted by molar-refractivity contribution is 1.30. The predicted octanol–water partition coefficient (Wildman–Crippen LogP) is 6.64. The van der Waals surface area contributed by atoms with Crippen LogP contribution in [0, 0.1) is 0 Å². The minimum atomic E-state index is 0.816. The van der Waals surface area contributed by atoms with Crippen LogP contribution in [0.3, 0.4) is 0 Å². The zero-order chi connectivity index (χ0) is 23.6. The molecule has 0 saturated carbocycles. The topological polar surface area (TPSA) is 77.3 Å². The molecule has 0 spiro atoms. The zero-order valence-corrected chi connectivity index (χ0v) is 18.9. The van der Waals surface area contributed by atoms with Crippen LogP contribution >= 0.6 is 0 Å². The van der Waals surface area contributed by atoms with Crippen molar-refractivity contribution >= 4 is 65.4 Å². The average molecular weight is 461 g/mol. The van der Waals surface area contributed by atoms with Crippen LogP contribution in [0.2, 0.25) is 0 Å². The Morgan fingerprint density at radius 1 is 0.333 bits per heavy atom. The molecule has 166 valence electrons. The molecule has 0 aliphatic carbocycles. The van der Waals surface area contributed by atoms with Crippen molar-refractivity contribution in [1.82, 2.24) is 29.9 Å². The van der Waals surface area contributed by atoms with Gasteiger partial charge < -0.3 is 0 Å². The first-order valence-electron chi connectivity index (χ1n) is 11.7. The Kier molecular flexibility index (Phi) is 3.85. The van der Waals surface area contributed by atoms with Crippen LogP contribution in [0.15, 0.2) is 97.8 Å². The number of fused-ring (bicyclic) bond motifs is 12. The fourth-order valence-corrected chi connectivity index (χ4v) is 5.29. The Labute approximate surface area is 204 Å². The lowest BCUT2D eigenvalue weighted by atomic mass is 9.97. The van der Waals surface area contributed by atoms with E-state index >= 15 is 0 Å². The fourth-order valence-electron chi connectivity index (χ4n) is 5.29. The highest BCUT2D eigenvalue weighted by Crippen LogP contribution is 2.36. The number of benzene rings is 3. The summed E-state index contributed by atoms with van der Waals surface area (Å²) in [5.41, 5.74) is 7.04. The summed E-state index contributed by atoms with van der Waals surface area (Å²) in [6.07, 6.45) is 10.8. The summed E-state index contributed by atoms with van der Waals surface area (Å²) in [5.74, 6) is 0. The van der Waals surface area contributed by atoms with Gasteiger partial charge in [-0.15, -0.1) is 0 Å². The van der Waals surface area contributed by atoms with Crippen molar-refractivity contribution in [3.05, 3.63) is 97.8 Å². The molecule has 0 radical (unpaired) electrons. The third kappa shape index (κ3) is 2.61. The van der Waals surface area contributed by atoms with E-state index in [1.807, 2.05) is 36.8 Å². The standard InChI is InChI=1S/C30H16N6/c1-2-6-20-19(5-1)21-7-3-9-31-25(21)28-23(20)13-17(15-35-28)18-14-24-29-26(33-11-12-34-29)22-8-4-10-32-27(22)30(24)36-16-18/h1-16H. The summed E-state index contributed by atoms with van der Waals surface area (Å²) in [6.45, 7) is 0. The summed E-state index contributed by atoms with van der Waals surface area (Å²) < 4.78 is 0. The van der Waals surface area contributed by atoms with Crippen LogP contribution in [0.4, 0.5) is 0 Å². The van der Waals surface area contributed by atoms with Crippen LogP contribution in [0.25, 0.3) is 76.5 Å². The number of rotatable bonds is 1. The average Bonchev–Trinajstić information content (AvgIpc) is 2.97. The molecule has 6 heteroatoms. The molecular formula is C30H16N6. The van der Waals surface area contributed by atoms with Gasteiger partial charge in [0.15, 0.2) is 0 Å². The number of aromatic nitrogens is 6. The maximum absolute atomic E-state index is 4.90. The van der Waals surface area contributed by atoms with Gasteiger partial charge in [0.1, 0.15) is 0 Å². The Bertz CT molecular complexity index is 1940. The van der Waals surface area contributed by atoms with Crippen molar-refractivity contribution in [2.75, 3.05) is 0 Å². The van der Waals surface area contributed by atoms with E-state index in [2.05, 4.69) is 62.4 Å². The van der Waals surface area contributed by atoms with Gasteiger partial charge in [-0.05, 0) is 41.1 Å². The molecule has 5 heterocycles. The molecule has 8 aromatic rings. The summed E-state index contributed by atoms with van der Waals surface area (Å²) >= 11 is 0. The number of nitrogens with zero attached hydrogens (tertiary/aromatic N) is 6. The highest BCUT2D eigenvalue weighted by Gasteiger charge is 2.15. The second-order valence-electron chi connectivity index (χ2n) is 8.84. The molecule has 5 aromatic heterocycles. The van der Waals surface area contributed by atoms with Crippen LogP contribution in [0.1, 0.15) is 0 Å². The minimum absolute atomic E-state index is 0.816. The van der Waals surface area contributed by atoms with E-state index in [0.717, 1.165) is 71.2 Å². The first-order valence-corrected chi connectivity index (χ1v) is 11.7. The van der Waals surface area contributed by atoms with Crippen molar-refractivity contribution in [2.24, 2.45) is 0 Å². The molecule has 0 saturated heterocycles.